The number of halogens is 1. The van der Waals surface area contributed by atoms with E-state index < -0.39 is 11.6 Å². The predicted octanol–water partition coefficient (Wildman–Crippen LogP) is 8.79. The molecule has 0 unspecified atom stereocenters. The van der Waals surface area contributed by atoms with Crippen molar-refractivity contribution >= 4 is 5.97 Å². The van der Waals surface area contributed by atoms with Gasteiger partial charge in [0.1, 0.15) is 5.67 Å². The highest BCUT2D eigenvalue weighted by atomic mass is 19.1. The monoisotopic (exact) mass is 422 g/mol. The maximum atomic E-state index is 13.8. The number of hydrogen-bond donors (Lipinski definition) is 1. The Morgan fingerprint density at radius 2 is 1.20 bits per heavy atom. The molecule has 0 aromatic carbocycles. The Morgan fingerprint density at radius 1 is 0.800 bits per heavy atom. The Kier molecular flexibility index (Phi) is 11.5. The molecular weight excluding hydrogens is 375 g/mol. The highest BCUT2D eigenvalue weighted by molar-refractivity contribution is 5.66. The molecule has 3 heteroatoms. The van der Waals surface area contributed by atoms with Crippen molar-refractivity contribution in [3.63, 3.8) is 0 Å². The fourth-order valence-corrected chi connectivity index (χ4v) is 5.50. The van der Waals surface area contributed by atoms with E-state index in [1.165, 1.54) is 96.3 Å². The van der Waals surface area contributed by atoms with E-state index in [9.17, 15) is 9.18 Å². The molecule has 0 heterocycles. The molecule has 0 aromatic heterocycles. The van der Waals surface area contributed by atoms with Crippen LogP contribution in [0.4, 0.5) is 4.39 Å². The van der Waals surface area contributed by atoms with Gasteiger partial charge in [-0.15, -0.1) is 0 Å². The van der Waals surface area contributed by atoms with Crippen LogP contribution in [-0.4, -0.2) is 16.7 Å². The Balaban J connectivity index is 1.22. The van der Waals surface area contributed by atoms with Crippen LogP contribution >= 0.6 is 0 Å². The first kappa shape index (κ1) is 25.4. The number of alkyl halides is 1. The summed E-state index contributed by atoms with van der Waals surface area (Å²) < 4.78 is 13.8. The summed E-state index contributed by atoms with van der Waals surface area (Å²) in [6.07, 6.45) is 28.5. The van der Waals surface area contributed by atoms with E-state index in [1.807, 2.05) is 0 Å². The zero-order valence-corrected chi connectivity index (χ0v) is 19.6. The summed E-state index contributed by atoms with van der Waals surface area (Å²) in [5.74, 6) is -0.394. The van der Waals surface area contributed by atoms with Crippen LogP contribution < -0.4 is 0 Å². The van der Waals surface area contributed by atoms with E-state index in [0.717, 1.165) is 25.7 Å². The minimum absolute atomic E-state index is 0.248. The summed E-state index contributed by atoms with van der Waals surface area (Å²) in [5, 5.41) is 8.59. The fraction of sp³-hybridized carbons (Fsp3) is 0.889. The number of allylic oxidation sites excluding steroid dienone is 2. The van der Waals surface area contributed by atoms with Crippen LogP contribution in [0.25, 0.3) is 0 Å². The molecule has 0 saturated heterocycles. The zero-order chi connectivity index (χ0) is 21.7. The summed E-state index contributed by atoms with van der Waals surface area (Å²) in [5.41, 5.74) is -0.548. The molecule has 2 bridgehead atoms. The zero-order valence-electron chi connectivity index (χ0n) is 19.6. The van der Waals surface area contributed by atoms with E-state index in [2.05, 4.69) is 19.1 Å². The van der Waals surface area contributed by atoms with Crippen molar-refractivity contribution in [3.8, 4) is 0 Å². The van der Waals surface area contributed by atoms with Gasteiger partial charge in [0, 0.05) is 6.42 Å². The van der Waals surface area contributed by atoms with Crippen molar-refractivity contribution in [2.75, 3.05) is 0 Å². The third kappa shape index (κ3) is 8.35. The molecule has 3 aliphatic rings. The van der Waals surface area contributed by atoms with Gasteiger partial charge in [-0.25, -0.2) is 4.39 Å². The lowest BCUT2D eigenvalue weighted by molar-refractivity contribution is -0.245. The standard InChI is InChI=1S/C27H47FO2/c1-24-26(22-27(24,28)23-26)21-19-17-15-13-11-9-7-5-3-2-4-6-8-10-12-14-16-18-20-25(29)30/h19,21,24H,2-18,20,22-23H2,1H3,(H,29,30)/b21-19+/t24-,26?,27?/m1/s1. The minimum atomic E-state index is -0.796. The Bertz CT molecular complexity index is 507. The summed E-state index contributed by atoms with van der Waals surface area (Å²) in [6.45, 7) is 2.08. The quantitative estimate of drug-likeness (QED) is 0.157. The fourth-order valence-electron chi connectivity index (χ4n) is 5.50. The van der Waals surface area contributed by atoms with Gasteiger partial charge in [-0.3, -0.25) is 4.79 Å². The van der Waals surface area contributed by atoms with Crippen molar-refractivity contribution in [2.24, 2.45) is 11.3 Å². The molecule has 1 N–H and O–H groups in total. The van der Waals surface area contributed by atoms with Gasteiger partial charge < -0.3 is 5.11 Å². The predicted molar refractivity (Wildman–Crippen MR) is 125 cm³/mol. The second kappa shape index (κ2) is 13.5. The van der Waals surface area contributed by atoms with Gasteiger partial charge in [0.05, 0.1) is 0 Å². The summed E-state index contributed by atoms with van der Waals surface area (Å²) >= 11 is 0. The lowest BCUT2D eigenvalue weighted by atomic mass is 9.36. The third-order valence-corrected chi connectivity index (χ3v) is 7.85. The van der Waals surface area contributed by atoms with Gasteiger partial charge in [0.15, 0.2) is 0 Å². The maximum absolute atomic E-state index is 13.8. The van der Waals surface area contributed by atoms with E-state index >= 15 is 0 Å². The van der Waals surface area contributed by atoms with Crippen LogP contribution in [-0.2, 0) is 4.79 Å². The number of rotatable bonds is 20. The van der Waals surface area contributed by atoms with Crippen molar-refractivity contribution in [2.45, 2.75) is 141 Å². The summed E-state index contributed by atoms with van der Waals surface area (Å²) in [7, 11) is 0. The van der Waals surface area contributed by atoms with Gasteiger partial charge in [-0.05, 0) is 43.4 Å². The lowest BCUT2D eigenvalue weighted by Gasteiger charge is -2.70. The normalized spacial score (nSPS) is 27.2. The van der Waals surface area contributed by atoms with Crippen LogP contribution in [0, 0.1) is 11.3 Å². The van der Waals surface area contributed by atoms with Gasteiger partial charge >= 0.3 is 5.97 Å². The largest absolute Gasteiger partial charge is 0.481 e. The van der Waals surface area contributed by atoms with Crippen LogP contribution in [0.3, 0.4) is 0 Å². The average molecular weight is 423 g/mol. The first-order chi connectivity index (χ1) is 14.5. The van der Waals surface area contributed by atoms with E-state index in [0.29, 0.717) is 6.42 Å². The molecule has 3 aliphatic carbocycles. The average Bonchev–Trinajstić information content (AvgIpc) is 2.70. The van der Waals surface area contributed by atoms with Crippen LogP contribution in [0.2, 0.25) is 0 Å². The van der Waals surface area contributed by atoms with Gasteiger partial charge in [-0.2, -0.15) is 0 Å². The van der Waals surface area contributed by atoms with E-state index in [4.69, 9.17) is 5.11 Å². The molecule has 174 valence electrons. The Labute approximate surface area is 185 Å². The van der Waals surface area contributed by atoms with Gasteiger partial charge in [-0.1, -0.05) is 109 Å². The molecule has 3 rings (SSSR count). The highest BCUT2D eigenvalue weighted by Crippen LogP contribution is 2.74. The van der Waals surface area contributed by atoms with E-state index in [1.54, 1.807) is 0 Å². The van der Waals surface area contributed by atoms with Crippen molar-refractivity contribution in [3.05, 3.63) is 12.2 Å². The van der Waals surface area contributed by atoms with Crippen molar-refractivity contribution in [1.29, 1.82) is 0 Å². The molecule has 3 fully saturated rings. The summed E-state index contributed by atoms with van der Waals surface area (Å²) in [4.78, 5) is 10.4. The number of hydrogen-bond acceptors (Lipinski definition) is 1. The molecule has 0 aliphatic heterocycles. The number of carboxylic acid groups (broad SMARTS) is 1. The molecule has 1 atom stereocenters. The lowest BCUT2D eigenvalue weighted by Crippen LogP contribution is -2.70. The van der Waals surface area contributed by atoms with Gasteiger partial charge in [0.25, 0.3) is 0 Å². The van der Waals surface area contributed by atoms with Crippen molar-refractivity contribution < 1.29 is 14.3 Å². The maximum Gasteiger partial charge on any atom is 0.303 e. The Hall–Kier alpha value is -0.860. The molecule has 0 radical (unpaired) electrons. The first-order valence-corrected chi connectivity index (χ1v) is 13.1. The number of unbranched alkanes of at least 4 members (excludes halogenated alkanes) is 16. The molecular formula is C27H47FO2. The third-order valence-electron chi connectivity index (χ3n) is 7.85. The molecule has 0 amide bonds. The highest BCUT2D eigenvalue weighted by Gasteiger charge is 2.73. The molecule has 2 nitrogen and oxygen atoms in total. The second-order valence-corrected chi connectivity index (χ2v) is 10.3. The minimum Gasteiger partial charge on any atom is -0.481 e. The van der Waals surface area contributed by atoms with E-state index in [-0.39, 0.29) is 11.3 Å². The van der Waals surface area contributed by atoms with Crippen LogP contribution in [0.1, 0.15) is 135 Å². The van der Waals surface area contributed by atoms with Crippen molar-refractivity contribution in [1.82, 2.24) is 0 Å². The van der Waals surface area contributed by atoms with Gasteiger partial charge in [0.2, 0.25) is 0 Å². The Morgan fingerprint density at radius 3 is 1.57 bits per heavy atom. The number of carbonyl (C=O) groups is 1. The van der Waals surface area contributed by atoms with Crippen LogP contribution in [0.15, 0.2) is 12.2 Å². The summed E-state index contributed by atoms with van der Waals surface area (Å²) in [6, 6.07) is 0. The molecule has 0 aromatic rings. The first-order valence-electron chi connectivity index (χ1n) is 13.1. The molecule has 3 saturated carbocycles. The molecule has 0 spiro atoms. The van der Waals surface area contributed by atoms with Crippen LogP contribution in [0.5, 0.6) is 0 Å². The topological polar surface area (TPSA) is 37.3 Å². The number of aliphatic carboxylic acids is 1. The molecule has 30 heavy (non-hydrogen) atoms. The SMILES string of the molecule is C[C@H]1C2(F)CC1(/C=C/CCCCCCCCCCCCCCCCCCC(=O)O)C2. The second-order valence-electron chi connectivity index (χ2n) is 10.3. The smallest absolute Gasteiger partial charge is 0.303 e. The number of carboxylic acids is 1.